The first-order valence-corrected chi connectivity index (χ1v) is 8.56. The van der Waals surface area contributed by atoms with E-state index < -0.39 is 0 Å². The quantitative estimate of drug-likeness (QED) is 0.616. The second-order valence-corrected chi connectivity index (χ2v) is 6.37. The second-order valence-electron chi connectivity index (χ2n) is 5.59. The van der Waals surface area contributed by atoms with Gasteiger partial charge in [-0.15, -0.1) is 10.2 Å². The molecule has 120 valence electrons. The SMILES string of the molecule is C[C@@H](Nc1nc(-c2ccsc2)nc2ccccc12)c1nncn1C. The molecule has 0 aliphatic heterocycles. The molecule has 0 aliphatic carbocycles. The van der Waals surface area contributed by atoms with Gasteiger partial charge in [-0.1, -0.05) is 12.1 Å². The van der Waals surface area contributed by atoms with Crippen LogP contribution < -0.4 is 5.32 Å². The van der Waals surface area contributed by atoms with Crippen LogP contribution in [0.3, 0.4) is 0 Å². The predicted molar refractivity (Wildman–Crippen MR) is 95.9 cm³/mol. The van der Waals surface area contributed by atoms with Crippen LogP contribution in [0.4, 0.5) is 5.82 Å². The highest BCUT2D eigenvalue weighted by Gasteiger charge is 2.15. The van der Waals surface area contributed by atoms with Gasteiger partial charge in [-0.25, -0.2) is 9.97 Å². The molecule has 3 heterocycles. The number of hydrogen-bond donors (Lipinski definition) is 1. The topological polar surface area (TPSA) is 68.5 Å². The predicted octanol–water partition coefficient (Wildman–Crippen LogP) is 3.66. The molecule has 1 N–H and O–H groups in total. The molecule has 3 aromatic heterocycles. The highest BCUT2D eigenvalue weighted by Crippen LogP contribution is 2.28. The summed E-state index contributed by atoms with van der Waals surface area (Å²) in [6.07, 6.45) is 1.70. The lowest BCUT2D eigenvalue weighted by Crippen LogP contribution is -2.13. The molecule has 0 unspecified atom stereocenters. The van der Waals surface area contributed by atoms with Gasteiger partial charge in [-0.2, -0.15) is 11.3 Å². The fourth-order valence-electron chi connectivity index (χ4n) is 2.66. The summed E-state index contributed by atoms with van der Waals surface area (Å²) in [6, 6.07) is 10.0. The van der Waals surface area contributed by atoms with Crippen molar-refractivity contribution in [3.63, 3.8) is 0 Å². The van der Waals surface area contributed by atoms with Crippen LogP contribution in [0.2, 0.25) is 0 Å². The molecule has 0 saturated carbocycles. The van der Waals surface area contributed by atoms with Gasteiger partial charge in [0.15, 0.2) is 11.6 Å². The lowest BCUT2D eigenvalue weighted by atomic mass is 10.2. The Balaban J connectivity index is 1.80. The highest BCUT2D eigenvalue weighted by molar-refractivity contribution is 7.08. The maximum Gasteiger partial charge on any atom is 0.162 e. The van der Waals surface area contributed by atoms with Crippen molar-refractivity contribution in [3.8, 4) is 11.4 Å². The van der Waals surface area contributed by atoms with Gasteiger partial charge in [0.2, 0.25) is 0 Å². The Kier molecular flexibility index (Phi) is 3.70. The molecule has 0 fully saturated rings. The molecule has 24 heavy (non-hydrogen) atoms. The van der Waals surface area contributed by atoms with Crippen molar-refractivity contribution in [1.29, 1.82) is 0 Å². The zero-order chi connectivity index (χ0) is 16.5. The standard InChI is InChI=1S/C17H16N6S/c1-11(17-22-18-10-23(17)2)19-16-13-5-3-4-6-14(13)20-15(21-16)12-7-8-24-9-12/h3-11H,1-2H3,(H,19,20,21)/t11-/m1/s1. The lowest BCUT2D eigenvalue weighted by Gasteiger charge is -2.16. The van der Waals surface area contributed by atoms with E-state index >= 15 is 0 Å². The summed E-state index contributed by atoms with van der Waals surface area (Å²) in [4.78, 5) is 9.44. The van der Waals surface area contributed by atoms with Crippen LogP contribution in [0.15, 0.2) is 47.4 Å². The summed E-state index contributed by atoms with van der Waals surface area (Å²) >= 11 is 1.64. The third-order valence-electron chi connectivity index (χ3n) is 3.87. The number of hydrogen-bond acceptors (Lipinski definition) is 6. The van der Waals surface area contributed by atoms with E-state index in [4.69, 9.17) is 4.98 Å². The van der Waals surface area contributed by atoms with E-state index in [9.17, 15) is 0 Å². The van der Waals surface area contributed by atoms with E-state index in [0.717, 1.165) is 33.9 Å². The largest absolute Gasteiger partial charge is 0.360 e. The summed E-state index contributed by atoms with van der Waals surface area (Å²) in [5.41, 5.74) is 1.95. The molecule has 1 atom stereocenters. The molecule has 0 aliphatic rings. The van der Waals surface area contributed by atoms with Gasteiger partial charge in [0.1, 0.15) is 12.1 Å². The summed E-state index contributed by atoms with van der Waals surface area (Å²) < 4.78 is 1.90. The van der Waals surface area contributed by atoms with Crippen LogP contribution in [-0.2, 0) is 7.05 Å². The Bertz CT molecular complexity index is 976. The van der Waals surface area contributed by atoms with E-state index in [1.54, 1.807) is 17.7 Å². The van der Waals surface area contributed by atoms with Crippen molar-refractivity contribution in [2.45, 2.75) is 13.0 Å². The first kappa shape index (κ1) is 14.8. The zero-order valence-electron chi connectivity index (χ0n) is 13.3. The Morgan fingerprint density at radius 2 is 2.04 bits per heavy atom. The lowest BCUT2D eigenvalue weighted by molar-refractivity contribution is 0.717. The highest BCUT2D eigenvalue weighted by atomic mass is 32.1. The maximum atomic E-state index is 4.75. The molecule has 6 nitrogen and oxygen atoms in total. The van der Waals surface area contributed by atoms with Crippen LogP contribution >= 0.6 is 11.3 Å². The van der Waals surface area contributed by atoms with E-state index in [2.05, 4.69) is 25.9 Å². The molecule has 0 bridgehead atoms. The summed E-state index contributed by atoms with van der Waals surface area (Å²) in [5.74, 6) is 2.38. The normalized spacial score (nSPS) is 12.4. The van der Waals surface area contributed by atoms with E-state index in [0.29, 0.717) is 0 Å². The zero-order valence-corrected chi connectivity index (χ0v) is 14.2. The van der Waals surface area contributed by atoms with Crippen LogP contribution in [0.5, 0.6) is 0 Å². The average Bonchev–Trinajstić information content (AvgIpc) is 3.26. The van der Waals surface area contributed by atoms with Crippen LogP contribution in [-0.4, -0.2) is 24.7 Å². The monoisotopic (exact) mass is 336 g/mol. The number of para-hydroxylation sites is 1. The van der Waals surface area contributed by atoms with E-state index in [1.807, 2.05) is 54.3 Å². The Morgan fingerprint density at radius 1 is 1.17 bits per heavy atom. The van der Waals surface area contributed by atoms with Crippen LogP contribution in [0.25, 0.3) is 22.3 Å². The smallest absolute Gasteiger partial charge is 0.162 e. The summed E-state index contributed by atoms with van der Waals surface area (Å²) in [5, 5.41) is 16.7. The van der Waals surface area contributed by atoms with Crippen molar-refractivity contribution < 1.29 is 0 Å². The fraction of sp³-hybridized carbons (Fsp3) is 0.176. The first-order valence-electron chi connectivity index (χ1n) is 7.62. The molecule has 4 rings (SSSR count). The molecule has 1 aromatic carbocycles. The van der Waals surface area contributed by atoms with Gasteiger partial charge < -0.3 is 9.88 Å². The van der Waals surface area contributed by atoms with Gasteiger partial charge in [0.25, 0.3) is 0 Å². The van der Waals surface area contributed by atoms with Crippen molar-refractivity contribution in [1.82, 2.24) is 24.7 Å². The Labute approximate surface area is 143 Å². The average molecular weight is 336 g/mol. The third kappa shape index (κ3) is 2.63. The van der Waals surface area contributed by atoms with Crippen molar-refractivity contribution in [3.05, 3.63) is 53.2 Å². The summed E-state index contributed by atoms with van der Waals surface area (Å²) in [7, 11) is 1.93. The molecule has 7 heteroatoms. The van der Waals surface area contributed by atoms with Crippen molar-refractivity contribution in [2.24, 2.45) is 7.05 Å². The van der Waals surface area contributed by atoms with Gasteiger partial charge >= 0.3 is 0 Å². The minimum atomic E-state index is -0.0221. The Morgan fingerprint density at radius 3 is 2.79 bits per heavy atom. The van der Waals surface area contributed by atoms with E-state index in [1.165, 1.54) is 0 Å². The fourth-order valence-corrected chi connectivity index (χ4v) is 3.30. The number of anilines is 1. The number of thiophene rings is 1. The first-order chi connectivity index (χ1) is 11.7. The maximum absolute atomic E-state index is 4.75. The minimum absolute atomic E-state index is 0.0221. The molecular weight excluding hydrogens is 320 g/mol. The van der Waals surface area contributed by atoms with Crippen LogP contribution in [0, 0.1) is 0 Å². The van der Waals surface area contributed by atoms with Crippen molar-refractivity contribution >= 4 is 28.1 Å². The number of nitrogens with one attached hydrogen (secondary N) is 1. The number of aromatic nitrogens is 5. The van der Waals surface area contributed by atoms with E-state index in [-0.39, 0.29) is 6.04 Å². The summed E-state index contributed by atoms with van der Waals surface area (Å²) in [6.45, 7) is 2.05. The number of benzene rings is 1. The molecule has 0 amide bonds. The molecule has 0 radical (unpaired) electrons. The second kappa shape index (κ2) is 6.01. The molecule has 0 spiro atoms. The van der Waals surface area contributed by atoms with Crippen LogP contribution in [0.1, 0.15) is 18.8 Å². The van der Waals surface area contributed by atoms with Gasteiger partial charge in [0, 0.05) is 23.4 Å². The Hall–Kier alpha value is -2.80. The molecule has 0 saturated heterocycles. The van der Waals surface area contributed by atoms with Gasteiger partial charge in [-0.3, -0.25) is 0 Å². The van der Waals surface area contributed by atoms with Gasteiger partial charge in [0.05, 0.1) is 11.6 Å². The van der Waals surface area contributed by atoms with Gasteiger partial charge in [-0.05, 0) is 30.5 Å². The third-order valence-corrected chi connectivity index (χ3v) is 4.55. The minimum Gasteiger partial charge on any atom is -0.360 e. The number of nitrogens with zero attached hydrogens (tertiary/aromatic N) is 5. The number of rotatable bonds is 4. The molecule has 4 aromatic rings. The number of fused-ring (bicyclic) bond motifs is 1. The number of aryl methyl sites for hydroxylation is 1. The molecular formula is C17H16N6S. The van der Waals surface area contributed by atoms with Crippen molar-refractivity contribution in [2.75, 3.05) is 5.32 Å².